The first-order valence-electron chi connectivity index (χ1n) is 5.37. The molecule has 0 saturated carbocycles. The minimum atomic E-state index is -1.30. The molecule has 2 amide bonds. The Labute approximate surface area is 116 Å². The van der Waals surface area contributed by atoms with Gasteiger partial charge in [-0.2, -0.15) is 0 Å². The van der Waals surface area contributed by atoms with Crippen LogP contribution in [0.25, 0.3) is 0 Å². The van der Waals surface area contributed by atoms with E-state index in [0.717, 1.165) is 4.90 Å². The summed E-state index contributed by atoms with van der Waals surface area (Å²) in [5, 5.41) is 9.16. The van der Waals surface area contributed by atoms with Gasteiger partial charge in [0.15, 0.2) is 0 Å². The molecule has 0 spiro atoms. The number of halogens is 1. The quantitative estimate of drug-likeness (QED) is 0.915. The molecule has 0 fully saturated rings. The number of para-hydroxylation sites is 1. The van der Waals surface area contributed by atoms with Gasteiger partial charge in [-0.25, -0.2) is 9.69 Å². The lowest BCUT2D eigenvalue weighted by Crippen LogP contribution is -2.35. The van der Waals surface area contributed by atoms with Crippen molar-refractivity contribution in [3.63, 3.8) is 0 Å². The molecule has 0 aliphatic heterocycles. The fraction of sp³-hybridized carbons (Fsp3) is 0. The van der Waals surface area contributed by atoms with Crippen molar-refractivity contribution in [1.29, 1.82) is 0 Å². The van der Waals surface area contributed by atoms with Crippen molar-refractivity contribution in [3.05, 3.63) is 66.2 Å². The first-order chi connectivity index (χ1) is 8.70. The van der Waals surface area contributed by atoms with Gasteiger partial charge in [0.2, 0.25) is 0 Å². The predicted molar refractivity (Wildman–Crippen MR) is 75.0 cm³/mol. The molecule has 0 unspecified atom stereocenters. The van der Waals surface area contributed by atoms with Crippen molar-refractivity contribution in [3.8, 4) is 0 Å². The van der Waals surface area contributed by atoms with Gasteiger partial charge in [0.1, 0.15) is 0 Å². The van der Waals surface area contributed by atoms with Crippen LogP contribution >= 0.6 is 12.4 Å². The molecule has 0 radical (unpaired) electrons. The summed E-state index contributed by atoms with van der Waals surface area (Å²) in [5.74, 6) is -0.561. The molecule has 2 aromatic rings. The highest BCUT2D eigenvalue weighted by molar-refractivity contribution is 6.18. The first kappa shape index (κ1) is 14.7. The summed E-state index contributed by atoms with van der Waals surface area (Å²) in [5.41, 5.74) is 0.669. The molecule has 0 bridgehead atoms. The Morgan fingerprint density at radius 2 is 1.32 bits per heavy atom. The Hall–Kier alpha value is -2.33. The number of benzene rings is 2. The maximum absolute atomic E-state index is 12.1. The first-order valence-corrected chi connectivity index (χ1v) is 5.37. The smallest absolute Gasteiger partial charge is 0.419 e. The largest absolute Gasteiger partial charge is 0.464 e. The molecule has 2 rings (SSSR count). The third-order valence-electron chi connectivity index (χ3n) is 2.43. The van der Waals surface area contributed by atoms with E-state index in [4.69, 9.17) is 5.11 Å². The van der Waals surface area contributed by atoms with Gasteiger partial charge in [0.25, 0.3) is 5.91 Å². The molecule has 98 valence electrons. The molecule has 1 N–H and O–H groups in total. The highest BCUT2D eigenvalue weighted by Crippen LogP contribution is 2.16. The second-order valence-corrected chi connectivity index (χ2v) is 3.62. The van der Waals surface area contributed by atoms with E-state index in [1.165, 1.54) is 0 Å². The van der Waals surface area contributed by atoms with Crippen LogP contribution in [0.15, 0.2) is 60.7 Å². The number of carboxylic acid groups (broad SMARTS) is 1. The Bertz CT molecular complexity index is 557. The van der Waals surface area contributed by atoms with Crippen LogP contribution in [0.2, 0.25) is 0 Å². The second kappa shape index (κ2) is 6.56. The lowest BCUT2D eigenvalue weighted by molar-refractivity contribution is 0.0983. The zero-order chi connectivity index (χ0) is 13.0. The second-order valence-electron chi connectivity index (χ2n) is 3.62. The van der Waals surface area contributed by atoms with Crippen LogP contribution < -0.4 is 4.90 Å². The van der Waals surface area contributed by atoms with Crippen LogP contribution in [0.3, 0.4) is 0 Å². The van der Waals surface area contributed by atoms with Gasteiger partial charge in [-0.15, -0.1) is 12.4 Å². The minimum Gasteiger partial charge on any atom is -0.464 e. The van der Waals surface area contributed by atoms with Gasteiger partial charge in [-0.05, 0) is 24.3 Å². The van der Waals surface area contributed by atoms with Gasteiger partial charge < -0.3 is 5.11 Å². The van der Waals surface area contributed by atoms with Crippen molar-refractivity contribution in [2.75, 3.05) is 4.90 Å². The summed E-state index contributed by atoms with van der Waals surface area (Å²) in [4.78, 5) is 24.1. The number of nitrogens with zero attached hydrogens (tertiary/aromatic N) is 1. The van der Waals surface area contributed by atoms with Crippen LogP contribution in [0, 0.1) is 0 Å². The number of carbonyl (C=O) groups excluding carboxylic acids is 1. The maximum Gasteiger partial charge on any atom is 0.419 e. The van der Waals surface area contributed by atoms with E-state index in [1.807, 2.05) is 0 Å². The minimum absolute atomic E-state index is 0. The van der Waals surface area contributed by atoms with Crippen LogP contribution in [-0.4, -0.2) is 17.1 Å². The van der Waals surface area contributed by atoms with Gasteiger partial charge >= 0.3 is 6.09 Å². The molecule has 4 nitrogen and oxygen atoms in total. The Balaban J connectivity index is 0.00000180. The van der Waals surface area contributed by atoms with E-state index in [1.54, 1.807) is 60.7 Å². The SMILES string of the molecule is Cl.O=C(O)N(C(=O)c1ccccc1)c1ccccc1. The fourth-order valence-electron chi connectivity index (χ4n) is 1.60. The van der Waals surface area contributed by atoms with Crippen LogP contribution in [0.1, 0.15) is 10.4 Å². The Kier molecular flexibility index (Phi) is 5.09. The molecule has 0 heterocycles. The number of rotatable bonds is 2. The third kappa shape index (κ3) is 3.33. The van der Waals surface area contributed by atoms with Crippen molar-refractivity contribution < 1.29 is 14.7 Å². The Morgan fingerprint density at radius 3 is 1.79 bits per heavy atom. The van der Waals surface area contributed by atoms with Crippen LogP contribution in [0.5, 0.6) is 0 Å². The van der Waals surface area contributed by atoms with Gasteiger partial charge in [0.05, 0.1) is 5.69 Å². The molecular weight excluding hydrogens is 266 g/mol. The van der Waals surface area contributed by atoms with Crippen LogP contribution in [0.4, 0.5) is 10.5 Å². The van der Waals surface area contributed by atoms with Crippen molar-refractivity contribution in [1.82, 2.24) is 0 Å². The number of hydrogen-bond acceptors (Lipinski definition) is 2. The highest BCUT2D eigenvalue weighted by Gasteiger charge is 2.23. The number of imide groups is 1. The summed E-state index contributed by atoms with van der Waals surface area (Å²) >= 11 is 0. The molecule has 19 heavy (non-hydrogen) atoms. The normalized spacial score (nSPS) is 9.26. The molecule has 0 aliphatic rings. The monoisotopic (exact) mass is 277 g/mol. The summed E-state index contributed by atoms with van der Waals surface area (Å²) in [7, 11) is 0. The summed E-state index contributed by atoms with van der Waals surface area (Å²) < 4.78 is 0. The van der Waals surface area contributed by atoms with Gasteiger partial charge in [0, 0.05) is 5.56 Å². The van der Waals surface area contributed by atoms with E-state index in [9.17, 15) is 9.59 Å². The predicted octanol–water partition coefficient (Wildman–Crippen LogP) is 3.43. The molecule has 0 aromatic heterocycles. The van der Waals surface area contributed by atoms with Crippen molar-refractivity contribution in [2.24, 2.45) is 0 Å². The zero-order valence-electron chi connectivity index (χ0n) is 9.89. The van der Waals surface area contributed by atoms with E-state index >= 15 is 0 Å². The van der Waals surface area contributed by atoms with Crippen molar-refractivity contribution >= 4 is 30.1 Å². The lowest BCUT2D eigenvalue weighted by Gasteiger charge is -2.17. The lowest BCUT2D eigenvalue weighted by atomic mass is 10.2. The summed E-state index contributed by atoms with van der Waals surface area (Å²) in [6.07, 6.45) is -1.30. The van der Waals surface area contributed by atoms with Gasteiger partial charge in [-0.1, -0.05) is 36.4 Å². The van der Waals surface area contributed by atoms with Crippen molar-refractivity contribution in [2.45, 2.75) is 0 Å². The van der Waals surface area contributed by atoms with Gasteiger partial charge in [-0.3, -0.25) is 4.79 Å². The zero-order valence-corrected chi connectivity index (χ0v) is 10.7. The number of amides is 2. The number of hydrogen-bond donors (Lipinski definition) is 1. The van der Waals surface area contributed by atoms with E-state index < -0.39 is 12.0 Å². The number of anilines is 1. The highest BCUT2D eigenvalue weighted by atomic mass is 35.5. The Morgan fingerprint density at radius 1 is 0.842 bits per heavy atom. The summed E-state index contributed by atoms with van der Waals surface area (Å²) in [6, 6.07) is 16.6. The molecular formula is C14H12ClNO3. The van der Waals surface area contributed by atoms with Crippen LogP contribution in [-0.2, 0) is 0 Å². The topological polar surface area (TPSA) is 57.6 Å². The van der Waals surface area contributed by atoms with E-state index in [0.29, 0.717) is 11.3 Å². The number of carbonyl (C=O) groups is 2. The average Bonchev–Trinajstić information content (AvgIpc) is 2.40. The maximum atomic E-state index is 12.1. The average molecular weight is 278 g/mol. The molecule has 2 aromatic carbocycles. The van der Waals surface area contributed by atoms with E-state index in [-0.39, 0.29) is 12.4 Å². The molecule has 0 saturated heterocycles. The third-order valence-corrected chi connectivity index (χ3v) is 2.43. The van der Waals surface area contributed by atoms with E-state index in [2.05, 4.69) is 0 Å². The molecule has 5 heteroatoms. The standard InChI is InChI=1S/C14H11NO3.ClH/c16-13(11-7-3-1-4-8-11)15(14(17)18)12-9-5-2-6-10-12;/h1-10H,(H,17,18);1H. The summed E-state index contributed by atoms with van der Waals surface area (Å²) in [6.45, 7) is 0. The fourth-order valence-corrected chi connectivity index (χ4v) is 1.60. The molecule has 0 aliphatic carbocycles. The molecule has 0 atom stereocenters.